The highest BCUT2D eigenvalue weighted by Crippen LogP contribution is 2.21. The van der Waals surface area contributed by atoms with E-state index in [9.17, 15) is 21.6 Å². The molecule has 1 atom stereocenters. The van der Waals surface area contributed by atoms with Crippen LogP contribution >= 0.6 is 0 Å². The van der Waals surface area contributed by atoms with Gasteiger partial charge in [0, 0.05) is 18.7 Å². The monoisotopic (exact) mass is 436 g/mol. The average molecular weight is 437 g/mol. The molecule has 2 aromatic carbocycles. The van der Waals surface area contributed by atoms with Crippen molar-refractivity contribution < 1.29 is 21.6 Å². The zero-order valence-electron chi connectivity index (χ0n) is 16.1. The Morgan fingerprint density at radius 3 is 2.48 bits per heavy atom. The second-order valence-corrected chi connectivity index (χ2v) is 11.2. The van der Waals surface area contributed by atoms with E-state index in [0.717, 1.165) is 0 Å². The fourth-order valence-electron chi connectivity index (χ4n) is 3.42. The quantitative estimate of drug-likeness (QED) is 0.744. The third kappa shape index (κ3) is 5.04. The third-order valence-electron chi connectivity index (χ3n) is 5.03. The molecule has 3 rings (SSSR count). The summed E-state index contributed by atoms with van der Waals surface area (Å²) in [6.45, 7) is 0.526. The average Bonchev–Trinajstić information content (AvgIpc) is 2.74. The Bertz CT molecular complexity index is 1080. The molecule has 0 spiro atoms. The molecule has 1 amide bonds. The molecule has 0 aliphatic carbocycles. The van der Waals surface area contributed by atoms with Crippen LogP contribution in [-0.2, 0) is 25.6 Å². The highest BCUT2D eigenvalue weighted by atomic mass is 32.2. The van der Waals surface area contributed by atoms with Gasteiger partial charge < -0.3 is 4.90 Å². The first kappa shape index (κ1) is 21.5. The van der Waals surface area contributed by atoms with Crippen LogP contribution in [0.1, 0.15) is 28.8 Å². The SMILES string of the molecule is CNS(=O)(=O)C1CCCN(C(=O)c2cccc(S(=O)(=O)Cc3ccccc3)c2)C1. The first-order valence-electron chi connectivity index (χ1n) is 9.31. The number of nitrogens with one attached hydrogen (secondary N) is 1. The fourth-order valence-corrected chi connectivity index (χ4v) is 6.00. The van der Waals surface area contributed by atoms with E-state index in [1.165, 1.54) is 30.1 Å². The maximum atomic E-state index is 12.9. The fraction of sp³-hybridized carbons (Fsp3) is 0.350. The van der Waals surface area contributed by atoms with Crippen LogP contribution in [0.4, 0.5) is 0 Å². The maximum absolute atomic E-state index is 12.9. The zero-order chi connectivity index (χ0) is 21.1. The highest BCUT2D eigenvalue weighted by molar-refractivity contribution is 7.90. The zero-order valence-corrected chi connectivity index (χ0v) is 17.7. The van der Waals surface area contributed by atoms with Crippen molar-refractivity contribution in [3.8, 4) is 0 Å². The van der Waals surface area contributed by atoms with Gasteiger partial charge in [0.2, 0.25) is 10.0 Å². The van der Waals surface area contributed by atoms with Crippen LogP contribution in [0.2, 0.25) is 0 Å². The summed E-state index contributed by atoms with van der Waals surface area (Å²) >= 11 is 0. The third-order valence-corrected chi connectivity index (χ3v) is 8.55. The predicted octanol–water partition coefficient (Wildman–Crippen LogP) is 1.81. The predicted molar refractivity (Wildman–Crippen MR) is 111 cm³/mol. The Morgan fingerprint density at radius 2 is 1.79 bits per heavy atom. The molecule has 1 aliphatic rings. The van der Waals surface area contributed by atoms with Crippen LogP contribution in [0.25, 0.3) is 0 Å². The minimum Gasteiger partial charge on any atom is -0.337 e. The summed E-state index contributed by atoms with van der Waals surface area (Å²) < 4.78 is 52.0. The molecule has 1 unspecified atom stereocenters. The van der Waals surface area contributed by atoms with Crippen molar-refractivity contribution in [2.24, 2.45) is 0 Å². The van der Waals surface area contributed by atoms with Crippen LogP contribution < -0.4 is 4.72 Å². The molecule has 1 aliphatic heterocycles. The van der Waals surface area contributed by atoms with E-state index in [0.29, 0.717) is 24.9 Å². The molecular formula is C20H24N2O5S2. The van der Waals surface area contributed by atoms with E-state index in [1.807, 2.05) is 6.07 Å². The number of piperidine rings is 1. The maximum Gasteiger partial charge on any atom is 0.253 e. The number of amides is 1. The first-order valence-corrected chi connectivity index (χ1v) is 12.5. The second-order valence-electron chi connectivity index (χ2n) is 7.04. The molecule has 1 fully saturated rings. The van der Waals surface area contributed by atoms with Gasteiger partial charge >= 0.3 is 0 Å². The molecule has 1 saturated heterocycles. The lowest BCUT2D eigenvalue weighted by Gasteiger charge is -2.32. The molecule has 7 nitrogen and oxygen atoms in total. The van der Waals surface area contributed by atoms with Gasteiger partial charge in [-0.2, -0.15) is 0 Å². The number of rotatable bonds is 6. The van der Waals surface area contributed by atoms with E-state index in [4.69, 9.17) is 0 Å². The van der Waals surface area contributed by atoms with E-state index < -0.39 is 25.1 Å². The number of hydrogen-bond donors (Lipinski definition) is 1. The van der Waals surface area contributed by atoms with E-state index in [1.54, 1.807) is 30.3 Å². The molecule has 0 saturated carbocycles. The molecule has 2 aromatic rings. The second kappa shape index (κ2) is 8.64. The summed E-state index contributed by atoms with van der Waals surface area (Å²) in [5.41, 5.74) is 0.905. The van der Waals surface area contributed by atoms with Gasteiger partial charge in [0.05, 0.1) is 15.9 Å². The van der Waals surface area contributed by atoms with Crippen molar-refractivity contribution in [2.75, 3.05) is 20.1 Å². The number of benzene rings is 2. The first-order chi connectivity index (χ1) is 13.7. The van der Waals surface area contributed by atoms with E-state index >= 15 is 0 Å². The molecule has 1 N–H and O–H groups in total. The number of hydrogen-bond acceptors (Lipinski definition) is 5. The van der Waals surface area contributed by atoms with E-state index in [-0.39, 0.29) is 28.7 Å². The summed E-state index contributed by atoms with van der Waals surface area (Å²) in [6, 6.07) is 14.8. The van der Waals surface area contributed by atoms with Gasteiger partial charge in [-0.25, -0.2) is 21.6 Å². The largest absolute Gasteiger partial charge is 0.337 e. The highest BCUT2D eigenvalue weighted by Gasteiger charge is 2.32. The van der Waals surface area contributed by atoms with Crippen molar-refractivity contribution in [3.63, 3.8) is 0 Å². The van der Waals surface area contributed by atoms with Crippen molar-refractivity contribution >= 4 is 25.8 Å². The number of sulfone groups is 1. The number of carbonyl (C=O) groups is 1. The Morgan fingerprint density at radius 1 is 1.07 bits per heavy atom. The van der Waals surface area contributed by atoms with Crippen molar-refractivity contribution in [2.45, 2.75) is 28.7 Å². The lowest BCUT2D eigenvalue weighted by molar-refractivity contribution is 0.0726. The van der Waals surface area contributed by atoms with E-state index in [2.05, 4.69) is 4.72 Å². The minimum atomic E-state index is -3.61. The summed E-state index contributed by atoms with van der Waals surface area (Å²) in [5, 5.41) is -0.671. The Hall–Kier alpha value is -2.23. The smallest absolute Gasteiger partial charge is 0.253 e. The van der Waals surface area contributed by atoms with Crippen molar-refractivity contribution in [3.05, 3.63) is 65.7 Å². The lowest BCUT2D eigenvalue weighted by atomic mass is 10.1. The van der Waals surface area contributed by atoms with Gasteiger partial charge in [-0.3, -0.25) is 4.79 Å². The molecule has 0 radical (unpaired) electrons. The van der Waals surface area contributed by atoms with Crippen LogP contribution in [0.5, 0.6) is 0 Å². The van der Waals surface area contributed by atoms with Crippen LogP contribution in [-0.4, -0.2) is 53.0 Å². The van der Waals surface area contributed by atoms with Gasteiger partial charge in [0.25, 0.3) is 5.91 Å². The molecule has 9 heteroatoms. The lowest BCUT2D eigenvalue weighted by Crippen LogP contribution is -2.47. The molecule has 0 bridgehead atoms. The van der Waals surface area contributed by atoms with Gasteiger partial charge in [0.15, 0.2) is 9.84 Å². The molecular weight excluding hydrogens is 412 g/mol. The van der Waals surface area contributed by atoms with Crippen molar-refractivity contribution in [1.82, 2.24) is 9.62 Å². The molecule has 29 heavy (non-hydrogen) atoms. The topological polar surface area (TPSA) is 101 Å². The number of nitrogens with zero attached hydrogens (tertiary/aromatic N) is 1. The summed E-state index contributed by atoms with van der Waals surface area (Å²) in [7, 11) is -5.73. The van der Waals surface area contributed by atoms with Crippen LogP contribution in [0, 0.1) is 0 Å². The number of likely N-dealkylation sites (tertiary alicyclic amines) is 1. The Kier molecular flexibility index (Phi) is 6.40. The Labute approximate surface area is 171 Å². The number of carbonyl (C=O) groups excluding carboxylic acids is 1. The Balaban J connectivity index is 1.81. The van der Waals surface area contributed by atoms with Gasteiger partial charge in [-0.15, -0.1) is 0 Å². The molecule has 156 valence electrons. The van der Waals surface area contributed by atoms with Gasteiger partial charge in [-0.05, 0) is 43.7 Å². The summed E-state index contributed by atoms with van der Waals surface area (Å²) in [6.07, 6.45) is 1.06. The van der Waals surface area contributed by atoms with Gasteiger partial charge in [-0.1, -0.05) is 36.4 Å². The summed E-state index contributed by atoms with van der Waals surface area (Å²) in [4.78, 5) is 14.5. The van der Waals surface area contributed by atoms with Gasteiger partial charge in [0.1, 0.15) is 0 Å². The molecule has 0 aromatic heterocycles. The molecule has 1 heterocycles. The minimum absolute atomic E-state index is 0.0728. The summed E-state index contributed by atoms with van der Waals surface area (Å²) in [5.74, 6) is -0.518. The standard InChI is InChI=1S/C20H24N2O5S2/c1-21-29(26,27)19-11-6-12-22(14-19)20(23)17-9-5-10-18(13-17)28(24,25)15-16-7-3-2-4-8-16/h2-5,7-10,13,19,21H,6,11-12,14-15H2,1H3. The number of sulfonamides is 1. The normalized spacial score (nSPS) is 17.8. The van der Waals surface area contributed by atoms with Crippen LogP contribution in [0.15, 0.2) is 59.5 Å². The van der Waals surface area contributed by atoms with Crippen molar-refractivity contribution in [1.29, 1.82) is 0 Å². The van der Waals surface area contributed by atoms with Crippen LogP contribution in [0.3, 0.4) is 0 Å².